The maximum Gasteiger partial charge on any atom is 0.125 e. The Hall–Kier alpha value is -1.01. The number of nitrogens with one attached hydrogen (secondary N) is 2. The molecule has 6 heteroatoms. The second kappa shape index (κ2) is 7.04. The highest BCUT2D eigenvalue weighted by atomic mass is 35.5. The van der Waals surface area contributed by atoms with Gasteiger partial charge in [0.15, 0.2) is 0 Å². The van der Waals surface area contributed by atoms with E-state index in [-0.39, 0.29) is 18.3 Å². The maximum absolute atomic E-state index is 9.47. The van der Waals surface area contributed by atoms with Gasteiger partial charge in [-0.15, -0.1) is 0 Å². The molecule has 22 heavy (non-hydrogen) atoms. The molecule has 1 saturated heterocycles. The van der Waals surface area contributed by atoms with Crippen molar-refractivity contribution in [1.29, 1.82) is 0 Å². The summed E-state index contributed by atoms with van der Waals surface area (Å²) in [4.78, 5) is 0. The Bertz CT molecular complexity index is 519. The topological polar surface area (TPSA) is 69.0 Å². The van der Waals surface area contributed by atoms with Gasteiger partial charge in [0.1, 0.15) is 6.17 Å². The molecule has 120 valence electrons. The zero-order chi connectivity index (χ0) is 15.5. The van der Waals surface area contributed by atoms with Gasteiger partial charge in [0.25, 0.3) is 0 Å². The van der Waals surface area contributed by atoms with E-state index in [9.17, 15) is 5.11 Å². The Kier molecular flexibility index (Phi) is 5.08. The van der Waals surface area contributed by atoms with Gasteiger partial charge >= 0.3 is 0 Å². The van der Waals surface area contributed by atoms with Crippen LogP contribution in [0.1, 0.15) is 24.9 Å². The van der Waals surface area contributed by atoms with Gasteiger partial charge in [-0.1, -0.05) is 23.7 Å². The van der Waals surface area contributed by atoms with E-state index in [1.807, 2.05) is 12.1 Å². The van der Waals surface area contributed by atoms with E-state index in [2.05, 4.69) is 33.0 Å². The monoisotopic (exact) mass is 322 g/mol. The molecule has 1 fully saturated rings. The van der Waals surface area contributed by atoms with E-state index in [0.717, 1.165) is 24.5 Å². The van der Waals surface area contributed by atoms with E-state index in [4.69, 9.17) is 11.6 Å². The minimum Gasteiger partial charge on any atom is -0.392 e. The first-order valence-electron chi connectivity index (χ1n) is 7.93. The number of benzene rings is 1. The number of halogens is 1. The van der Waals surface area contributed by atoms with E-state index in [1.165, 1.54) is 5.56 Å². The first kappa shape index (κ1) is 15.9. The normalized spacial score (nSPS) is 32.5. The average Bonchev–Trinajstić information content (AvgIpc) is 2.53. The van der Waals surface area contributed by atoms with Gasteiger partial charge in [-0.05, 0) is 43.5 Å². The van der Waals surface area contributed by atoms with Crippen molar-refractivity contribution >= 4 is 11.6 Å². The van der Waals surface area contributed by atoms with Crippen LogP contribution in [0, 0.1) is 11.8 Å². The second-order valence-corrected chi connectivity index (χ2v) is 6.69. The minimum atomic E-state index is -0.376. The third-order valence-electron chi connectivity index (χ3n) is 4.54. The predicted octanol–water partition coefficient (Wildman–Crippen LogP) is 2.37. The molecular weight excluding hydrogens is 300 g/mol. The van der Waals surface area contributed by atoms with Crippen molar-refractivity contribution in [3.8, 4) is 0 Å². The predicted molar refractivity (Wildman–Crippen MR) is 87.0 cm³/mol. The molecule has 0 radical (unpaired) electrons. The Morgan fingerprint density at radius 2 is 2.09 bits per heavy atom. The van der Waals surface area contributed by atoms with Crippen LogP contribution in [-0.2, 0) is 0 Å². The Morgan fingerprint density at radius 1 is 1.32 bits per heavy atom. The summed E-state index contributed by atoms with van der Waals surface area (Å²) in [6.07, 6.45) is 0.694. The lowest BCUT2D eigenvalue weighted by Crippen LogP contribution is -2.51. The molecule has 2 aliphatic heterocycles. The van der Waals surface area contributed by atoms with Crippen molar-refractivity contribution in [1.82, 2.24) is 10.6 Å². The lowest BCUT2D eigenvalue weighted by Gasteiger charge is -2.41. The molecule has 5 nitrogen and oxygen atoms in total. The Labute approximate surface area is 136 Å². The summed E-state index contributed by atoms with van der Waals surface area (Å²) in [5, 5.41) is 26.1. The molecule has 0 aliphatic carbocycles. The van der Waals surface area contributed by atoms with Crippen molar-refractivity contribution in [2.24, 2.45) is 22.1 Å². The zero-order valence-electron chi connectivity index (χ0n) is 12.7. The lowest BCUT2D eigenvalue weighted by atomic mass is 9.76. The van der Waals surface area contributed by atoms with Crippen molar-refractivity contribution in [2.45, 2.75) is 31.7 Å². The molecular formula is C16H23ClN4O. The van der Waals surface area contributed by atoms with Gasteiger partial charge in [-0.3, -0.25) is 5.32 Å². The highest BCUT2D eigenvalue weighted by molar-refractivity contribution is 6.30. The largest absolute Gasteiger partial charge is 0.392 e. The number of nitrogens with zero attached hydrogens (tertiary/aromatic N) is 2. The fourth-order valence-electron chi connectivity index (χ4n) is 3.41. The molecule has 1 aromatic rings. The molecule has 0 amide bonds. The van der Waals surface area contributed by atoms with E-state index in [0.29, 0.717) is 18.4 Å². The zero-order valence-corrected chi connectivity index (χ0v) is 13.5. The highest BCUT2D eigenvalue weighted by Gasteiger charge is 2.40. The Morgan fingerprint density at radius 3 is 2.82 bits per heavy atom. The molecule has 2 aliphatic rings. The molecule has 0 bridgehead atoms. The van der Waals surface area contributed by atoms with Crippen LogP contribution < -0.4 is 10.6 Å². The number of piperidine rings is 1. The van der Waals surface area contributed by atoms with Crippen molar-refractivity contribution < 1.29 is 5.11 Å². The van der Waals surface area contributed by atoms with Crippen LogP contribution in [0.4, 0.5) is 0 Å². The summed E-state index contributed by atoms with van der Waals surface area (Å²) in [5.74, 6) is 0.858. The molecule has 5 atom stereocenters. The summed E-state index contributed by atoms with van der Waals surface area (Å²) >= 11 is 5.98. The smallest absolute Gasteiger partial charge is 0.125 e. The van der Waals surface area contributed by atoms with E-state index >= 15 is 0 Å². The number of aliphatic hydroxyl groups is 1. The van der Waals surface area contributed by atoms with Crippen LogP contribution in [-0.4, -0.2) is 37.0 Å². The van der Waals surface area contributed by atoms with Crippen LogP contribution in [0.5, 0.6) is 0 Å². The SMILES string of the molecule is C[C@@H](O)CNC1N=NC(c2ccc(Cl)cc2)C2CCNCC12. The Balaban J connectivity index is 1.80. The highest BCUT2D eigenvalue weighted by Crippen LogP contribution is 2.41. The van der Waals surface area contributed by atoms with Crippen LogP contribution in [0.2, 0.25) is 5.02 Å². The van der Waals surface area contributed by atoms with Crippen LogP contribution in [0.25, 0.3) is 0 Å². The van der Waals surface area contributed by atoms with Gasteiger partial charge in [-0.25, -0.2) is 0 Å². The van der Waals surface area contributed by atoms with Gasteiger partial charge in [0, 0.05) is 24.0 Å². The van der Waals surface area contributed by atoms with Gasteiger partial charge in [-0.2, -0.15) is 10.2 Å². The number of rotatable bonds is 4. The third kappa shape index (κ3) is 3.49. The maximum atomic E-state index is 9.47. The van der Waals surface area contributed by atoms with Crippen LogP contribution >= 0.6 is 11.6 Å². The number of azo groups is 1. The van der Waals surface area contributed by atoms with Crippen LogP contribution in [0.3, 0.4) is 0 Å². The first-order valence-corrected chi connectivity index (χ1v) is 8.30. The second-order valence-electron chi connectivity index (χ2n) is 6.25. The number of hydrogen-bond donors (Lipinski definition) is 3. The minimum absolute atomic E-state index is 0.0176. The summed E-state index contributed by atoms with van der Waals surface area (Å²) in [6.45, 7) is 4.27. The summed E-state index contributed by atoms with van der Waals surface area (Å²) in [7, 11) is 0. The van der Waals surface area contributed by atoms with Crippen LogP contribution in [0.15, 0.2) is 34.5 Å². The molecule has 0 spiro atoms. The lowest BCUT2D eigenvalue weighted by molar-refractivity contribution is 0.120. The summed E-state index contributed by atoms with van der Waals surface area (Å²) < 4.78 is 0. The van der Waals surface area contributed by atoms with Gasteiger partial charge in [0.2, 0.25) is 0 Å². The quantitative estimate of drug-likeness (QED) is 0.797. The average molecular weight is 323 g/mol. The summed E-state index contributed by atoms with van der Waals surface area (Å²) in [6, 6.07) is 8.04. The fourth-order valence-corrected chi connectivity index (χ4v) is 3.54. The number of hydrogen-bond acceptors (Lipinski definition) is 5. The number of aliphatic hydroxyl groups excluding tert-OH is 1. The number of fused-ring (bicyclic) bond motifs is 1. The van der Waals surface area contributed by atoms with Crippen molar-refractivity contribution in [3.05, 3.63) is 34.9 Å². The van der Waals surface area contributed by atoms with E-state index < -0.39 is 0 Å². The molecule has 0 aromatic heterocycles. The molecule has 3 rings (SSSR count). The van der Waals surface area contributed by atoms with E-state index in [1.54, 1.807) is 6.92 Å². The summed E-state index contributed by atoms with van der Waals surface area (Å²) in [5.41, 5.74) is 1.18. The molecule has 4 unspecified atom stereocenters. The standard InChI is InChI=1S/C16H23ClN4O/c1-10(22)8-19-16-14-9-18-7-6-13(14)15(20-21-16)11-2-4-12(17)5-3-11/h2-5,10,13-16,18-19,22H,6-9H2,1H3/t10-,13?,14?,15?,16?/m1/s1. The van der Waals surface area contributed by atoms with Gasteiger partial charge < -0.3 is 10.4 Å². The van der Waals surface area contributed by atoms with Crippen molar-refractivity contribution in [2.75, 3.05) is 19.6 Å². The molecule has 0 saturated carbocycles. The molecule has 2 heterocycles. The molecule has 3 N–H and O–H groups in total. The third-order valence-corrected chi connectivity index (χ3v) is 4.80. The molecule has 1 aromatic carbocycles. The van der Waals surface area contributed by atoms with Gasteiger partial charge in [0.05, 0.1) is 12.1 Å². The fraction of sp³-hybridized carbons (Fsp3) is 0.625. The first-order chi connectivity index (χ1) is 10.6. The van der Waals surface area contributed by atoms with Crippen molar-refractivity contribution in [3.63, 3.8) is 0 Å².